The highest BCUT2D eigenvalue weighted by atomic mass is 16.5. The van der Waals surface area contributed by atoms with E-state index in [1.165, 1.54) is 0 Å². The summed E-state index contributed by atoms with van der Waals surface area (Å²) in [5.74, 6) is 0.514. The molecule has 0 aliphatic carbocycles. The SMILES string of the molecule is CCN(CC)C(=O)c1cc(N)ccc1OC. The Kier molecular flexibility index (Phi) is 4.17. The van der Waals surface area contributed by atoms with Crippen molar-refractivity contribution in [3.8, 4) is 5.75 Å². The van der Waals surface area contributed by atoms with Gasteiger partial charge in [0.1, 0.15) is 5.75 Å². The molecule has 0 atom stereocenters. The minimum Gasteiger partial charge on any atom is -0.496 e. The molecule has 4 nitrogen and oxygen atoms in total. The van der Waals surface area contributed by atoms with E-state index in [0.29, 0.717) is 30.1 Å². The largest absolute Gasteiger partial charge is 0.496 e. The van der Waals surface area contributed by atoms with E-state index in [0.717, 1.165) is 0 Å². The maximum absolute atomic E-state index is 12.1. The molecule has 0 aliphatic rings. The first-order valence-electron chi connectivity index (χ1n) is 5.36. The third-order valence-electron chi connectivity index (χ3n) is 2.50. The van der Waals surface area contributed by atoms with Crippen LogP contribution in [0.15, 0.2) is 18.2 Å². The summed E-state index contributed by atoms with van der Waals surface area (Å²) in [7, 11) is 1.55. The first kappa shape index (κ1) is 12.4. The number of nitrogens with zero attached hydrogens (tertiary/aromatic N) is 1. The summed E-state index contributed by atoms with van der Waals surface area (Å²) in [5, 5.41) is 0. The average Bonchev–Trinajstić information content (AvgIpc) is 2.30. The molecule has 0 bridgehead atoms. The summed E-state index contributed by atoms with van der Waals surface area (Å²) in [6.45, 7) is 5.24. The third-order valence-corrected chi connectivity index (χ3v) is 2.50. The molecule has 2 N–H and O–H groups in total. The number of hydrogen-bond acceptors (Lipinski definition) is 3. The second-order valence-corrected chi connectivity index (χ2v) is 3.44. The van der Waals surface area contributed by atoms with Crippen LogP contribution in [0.25, 0.3) is 0 Å². The monoisotopic (exact) mass is 222 g/mol. The quantitative estimate of drug-likeness (QED) is 0.790. The zero-order valence-corrected chi connectivity index (χ0v) is 9.99. The number of nitrogen functional groups attached to an aromatic ring is 1. The van der Waals surface area contributed by atoms with Gasteiger partial charge < -0.3 is 15.4 Å². The third kappa shape index (κ3) is 2.45. The first-order valence-corrected chi connectivity index (χ1v) is 5.36. The Morgan fingerprint density at radius 3 is 2.50 bits per heavy atom. The number of amides is 1. The van der Waals surface area contributed by atoms with Gasteiger partial charge in [-0.3, -0.25) is 4.79 Å². The Morgan fingerprint density at radius 2 is 2.00 bits per heavy atom. The van der Waals surface area contributed by atoms with Crippen LogP contribution in [0, 0.1) is 0 Å². The van der Waals surface area contributed by atoms with Crippen LogP contribution in [0.2, 0.25) is 0 Å². The van der Waals surface area contributed by atoms with E-state index >= 15 is 0 Å². The summed E-state index contributed by atoms with van der Waals surface area (Å²) < 4.78 is 5.16. The molecule has 0 heterocycles. The molecule has 0 spiro atoms. The topological polar surface area (TPSA) is 55.6 Å². The lowest BCUT2D eigenvalue weighted by Gasteiger charge is -2.20. The molecule has 88 valence electrons. The number of rotatable bonds is 4. The molecule has 0 aliphatic heterocycles. The van der Waals surface area contributed by atoms with E-state index in [-0.39, 0.29) is 5.91 Å². The molecule has 1 aromatic carbocycles. The molecular weight excluding hydrogens is 204 g/mol. The van der Waals surface area contributed by atoms with Crippen LogP contribution in [0.4, 0.5) is 5.69 Å². The zero-order valence-electron chi connectivity index (χ0n) is 9.99. The van der Waals surface area contributed by atoms with Gasteiger partial charge in [-0.05, 0) is 32.0 Å². The lowest BCUT2D eigenvalue weighted by molar-refractivity contribution is 0.0769. The maximum Gasteiger partial charge on any atom is 0.257 e. The molecule has 0 unspecified atom stereocenters. The summed E-state index contributed by atoms with van der Waals surface area (Å²) in [5.41, 5.74) is 6.76. The summed E-state index contributed by atoms with van der Waals surface area (Å²) in [6, 6.07) is 5.09. The van der Waals surface area contributed by atoms with E-state index in [4.69, 9.17) is 10.5 Å². The predicted octanol–water partition coefficient (Wildman–Crippen LogP) is 1.76. The summed E-state index contributed by atoms with van der Waals surface area (Å²) in [4.78, 5) is 13.9. The maximum atomic E-state index is 12.1. The Morgan fingerprint density at radius 1 is 1.38 bits per heavy atom. The average molecular weight is 222 g/mol. The molecule has 1 aromatic rings. The molecule has 0 aromatic heterocycles. The van der Waals surface area contributed by atoms with Gasteiger partial charge in [-0.1, -0.05) is 0 Å². The van der Waals surface area contributed by atoms with Crippen molar-refractivity contribution in [2.45, 2.75) is 13.8 Å². The number of ether oxygens (including phenoxy) is 1. The summed E-state index contributed by atoms with van der Waals surface area (Å²) >= 11 is 0. The van der Waals surface area contributed by atoms with Crippen molar-refractivity contribution in [3.63, 3.8) is 0 Å². The Balaban J connectivity index is 3.10. The van der Waals surface area contributed by atoms with Gasteiger partial charge in [0, 0.05) is 18.8 Å². The van der Waals surface area contributed by atoms with Crippen LogP contribution < -0.4 is 10.5 Å². The minimum atomic E-state index is -0.0471. The highest BCUT2D eigenvalue weighted by molar-refractivity contribution is 5.97. The van der Waals surface area contributed by atoms with E-state index in [2.05, 4.69) is 0 Å². The first-order chi connectivity index (χ1) is 7.63. The molecule has 0 radical (unpaired) electrons. The number of benzene rings is 1. The Hall–Kier alpha value is -1.71. The standard InChI is InChI=1S/C12H18N2O2/c1-4-14(5-2)12(15)10-8-9(13)6-7-11(10)16-3/h6-8H,4-5,13H2,1-3H3. The fourth-order valence-corrected chi connectivity index (χ4v) is 1.57. The van der Waals surface area contributed by atoms with Crippen LogP contribution in [-0.2, 0) is 0 Å². The second kappa shape index (κ2) is 5.39. The van der Waals surface area contributed by atoms with E-state index in [1.54, 1.807) is 30.2 Å². The molecule has 1 rings (SSSR count). The molecule has 1 amide bonds. The van der Waals surface area contributed by atoms with Gasteiger partial charge in [0.05, 0.1) is 12.7 Å². The lowest BCUT2D eigenvalue weighted by atomic mass is 10.1. The zero-order chi connectivity index (χ0) is 12.1. The number of carbonyl (C=O) groups is 1. The van der Waals surface area contributed by atoms with Crippen molar-refractivity contribution < 1.29 is 9.53 Å². The number of anilines is 1. The van der Waals surface area contributed by atoms with Gasteiger partial charge >= 0.3 is 0 Å². The van der Waals surface area contributed by atoms with Crippen molar-refractivity contribution >= 4 is 11.6 Å². The van der Waals surface area contributed by atoms with Crippen molar-refractivity contribution in [1.29, 1.82) is 0 Å². The molecular formula is C12H18N2O2. The van der Waals surface area contributed by atoms with Gasteiger partial charge in [-0.25, -0.2) is 0 Å². The van der Waals surface area contributed by atoms with E-state index < -0.39 is 0 Å². The van der Waals surface area contributed by atoms with E-state index in [1.807, 2.05) is 13.8 Å². The molecule has 0 saturated carbocycles. The van der Waals surface area contributed by atoms with Crippen LogP contribution >= 0.6 is 0 Å². The van der Waals surface area contributed by atoms with Crippen molar-refractivity contribution in [1.82, 2.24) is 4.90 Å². The van der Waals surface area contributed by atoms with E-state index in [9.17, 15) is 4.79 Å². The minimum absolute atomic E-state index is 0.0471. The van der Waals surface area contributed by atoms with Gasteiger partial charge in [0.15, 0.2) is 0 Å². The van der Waals surface area contributed by atoms with Crippen molar-refractivity contribution in [2.75, 3.05) is 25.9 Å². The number of nitrogens with two attached hydrogens (primary N) is 1. The number of methoxy groups -OCH3 is 1. The van der Waals surface area contributed by atoms with Gasteiger partial charge in [0.25, 0.3) is 5.91 Å². The second-order valence-electron chi connectivity index (χ2n) is 3.44. The molecule has 4 heteroatoms. The van der Waals surface area contributed by atoms with Crippen LogP contribution in [0.1, 0.15) is 24.2 Å². The number of carbonyl (C=O) groups excluding carboxylic acids is 1. The normalized spacial score (nSPS) is 9.94. The van der Waals surface area contributed by atoms with Gasteiger partial charge in [0.2, 0.25) is 0 Å². The van der Waals surface area contributed by atoms with Crippen molar-refractivity contribution in [3.05, 3.63) is 23.8 Å². The highest BCUT2D eigenvalue weighted by Crippen LogP contribution is 2.22. The van der Waals surface area contributed by atoms with Crippen LogP contribution in [0.3, 0.4) is 0 Å². The molecule has 0 fully saturated rings. The van der Waals surface area contributed by atoms with Gasteiger partial charge in [-0.15, -0.1) is 0 Å². The molecule has 0 saturated heterocycles. The fourth-order valence-electron chi connectivity index (χ4n) is 1.57. The fraction of sp³-hybridized carbons (Fsp3) is 0.417. The molecule has 16 heavy (non-hydrogen) atoms. The van der Waals surface area contributed by atoms with Crippen LogP contribution in [-0.4, -0.2) is 31.0 Å². The predicted molar refractivity (Wildman–Crippen MR) is 64.7 cm³/mol. The Labute approximate surface area is 96.0 Å². The lowest BCUT2D eigenvalue weighted by Crippen LogP contribution is -2.30. The Bertz CT molecular complexity index is 373. The summed E-state index contributed by atoms with van der Waals surface area (Å²) in [6.07, 6.45) is 0. The van der Waals surface area contributed by atoms with Crippen LogP contribution in [0.5, 0.6) is 5.75 Å². The number of hydrogen-bond donors (Lipinski definition) is 1. The van der Waals surface area contributed by atoms with Gasteiger partial charge in [-0.2, -0.15) is 0 Å². The highest BCUT2D eigenvalue weighted by Gasteiger charge is 2.17. The van der Waals surface area contributed by atoms with Crippen molar-refractivity contribution in [2.24, 2.45) is 0 Å². The smallest absolute Gasteiger partial charge is 0.257 e.